The largest absolute Gasteiger partial charge is 0.368 e. The number of hydrogen-bond acceptors (Lipinski definition) is 4. The number of carbonyl (C=O) groups excluding carboxylic acids is 3. The molecule has 2 atom stereocenters. The summed E-state index contributed by atoms with van der Waals surface area (Å²) in [4.78, 5) is 35.2. The van der Waals surface area contributed by atoms with Gasteiger partial charge >= 0.3 is 0 Å². The maximum atomic E-state index is 12.3. The molecule has 0 radical (unpaired) electrons. The normalized spacial score (nSPS) is 15.3. The van der Waals surface area contributed by atoms with E-state index >= 15 is 0 Å². The van der Waals surface area contributed by atoms with E-state index in [9.17, 15) is 14.4 Å². The van der Waals surface area contributed by atoms with Crippen LogP contribution in [0, 0.1) is 11.8 Å². The topological polar surface area (TPSA) is 113 Å². The Hall–Kier alpha value is -1.63. The summed E-state index contributed by atoms with van der Waals surface area (Å²) in [5.74, 6) is 0.504. The Morgan fingerprint density at radius 3 is 1.97 bits per heavy atom. The van der Waals surface area contributed by atoms with Crippen LogP contribution in [0.2, 0.25) is 0 Å². The summed E-state index contributed by atoms with van der Waals surface area (Å²) < 4.78 is 0. The van der Waals surface area contributed by atoms with Gasteiger partial charge in [0, 0.05) is 0 Å². The Bertz CT molecular complexity index is 503. The minimum Gasteiger partial charge on any atom is -0.368 e. The van der Waals surface area contributed by atoms with Crippen LogP contribution in [-0.4, -0.2) is 42.9 Å². The minimum absolute atomic E-state index is 0.199. The van der Waals surface area contributed by atoms with Gasteiger partial charge in [-0.15, -0.1) is 0 Å². The van der Waals surface area contributed by atoms with Gasteiger partial charge in [0.25, 0.3) is 0 Å². The first kappa shape index (κ1) is 33.5. The number of carbonyl (C=O) groups is 3. The van der Waals surface area contributed by atoms with Crippen molar-refractivity contribution in [2.45, 2.75) is 125 Å². The summed E-state index contributed by atoms with van der Waals surface area (Å²) in [6, 6.07) is -0.997. The van der Waals surface area contributed by atoms with Crippen molar-refractivity contribution in [1.29, 1.82) is 0 Å². The van der Waals surface area contributed by atoms with Crippen molar-refractivity contribution in [1.82, 2.24) is 16.0 Å². The number of rotatable bonds is 12. The summed E-state index contributed by atoms with van der Waals surface area (Å²) in [5, 5.41) is 8.46. The molecule has 1 saturated carbocycles. The lowest BCUT2D eigenvalue weighted by Crippen LogP contribution is -2.52. The Kier molecular flexibility index (Phi) is 22.5. The molecular formula is C26H54N4O3. The van der Waals surface area contributed by atoms with Crippen LogP contribution in [0.1, 0.15) is 113 Å². The van der Waals surface area contributed by atoms with Gasteiger partial charge in [0.15, 0.2) is 0 Å². The SMILES string of the molecule is CC(C)C.CCC.CCC[C@H](NC(=O)[C@@H](C)NCCCC1CCCCC1)C(=O)NCC(N)=O. The molecule has 5 N–H and O–H groups in total. The second-order valence-electron chi connectivity index (χ2n) is 9.80. The predicted octanol–water partition coefficient (Wildman–Crippen LogP) is 4.29. The van der Waals surface area contributed by atoms with E-state index in [0.29, 0.717) is 6.42 Å². The number of primary amides is 1. The number of amides is 3. The van der Waals surface area contributed by atoms with E-state index < -0.39 is 11.9 Å². The zero-order valence-corrected chi connectivity index (χ0v) is 22.6. The third-order valence-corrected chi connectivity index (χ3v) is 5.00. The molecule has 0 aliphatic heterocycles. The van der Waals surface area contributed by atoms with E-state index in [0.717, 1.165) is 31.2 Å². The molecule has 33 heavy (non-hydrogen) atoms. The highest BCUT2D eigenvalue weighted by atomic mass is 16.2. The molecule has 1 rings (SSSR count). The average molecular weight is 471 g/mol. The Morgan fingerprint density at radius 2 is 1.48 bits per heavy atom. The van der Waals surface area contributed by atoms with Gasteiger partial charge in [0.05, 0.1) is 12.6 Å². The van der Waals surface area contributed by atoms with Gasteiger partial charge in [0.2, 0.25) is 17.7 Å². The molecule has 1 aliphatic carbocycles. The van der Waals surface area contributed by atoms with Gasteiger partial charge in [-0.3, -0.25) is 14.4 Å². The van der Waals surface area contributed by atoms with Crippen molar-refractivity contribution in [2.24, 2.45) is 17.6 Å². The summed E-state index contributed by atoms with van der Waals surface area (Å²) in [6.45, 7) is 15.1. The predicted molar refractivity (Wildman–Crippen MR) is 139 cm³/mol. The second-order valence-corrected chi connectivity index (χ2v) is 9.80. The highest BCUT2D eigenvalue weighted by molar-refractivity contribution is 5.91. The fourth-order valence-electron chi connectivity index (χ4n) is 3.43. The van der Waals surface area contributed by atoms with E-state index in [1.807, 2.05) is 6.92 Å². The lowest BCUT2D eigenvalue weighted by Gasteiger charge is -2.22. The van der Waals surface area contributed by atoms with E-state index in [4.69, 9.17) is 5.73 Å². The molecule has 0 spiro atoms. The molecule has 1 fully saturated rings. The first-order valence-corrected chi connectivity index (χ1v) is 13.2. The van der Waals surface area contributed by atoms with Gasteiger partial charge in [0.1, 0.15) is 6.04 Å². The molecule has 7 heteroatoms. The average Bonchev–Trinajstić information content (AvgIpc) is 2.75. The van der Waals surface area contributed by atoms with Crippen molar-refractivity contribution < 1.29 is 14.4 Å². The van der Waals surface area contributed by atoms with Crippen molar-refractivity contribution in [3.63, 3.8) is 0 Å². The molecule has 0 unspecified atom stereocenters. The lowest BCUT2D eigenvalue weighted by atomic mass is 9.86. The van der Waals surface area contributed by atoms with Crippen molar-refractivity contribution >= 4 is 17.7 Å². The summed E-state index contributed by atoms with van der Waals surface area (Å²) >= 11 is 0. The molecule has 0 aromatic heterocycles. The minimum atomic E-state index is -0.640. The van der Waals surface area contributed by atoms with Crippen LogP contribution in [0.15, 0.2) is 0 Å². The van der Waals surface area contributed by atoms with Crippen LogP contribution < -0.4 is 21.7 Å². The molecule has 7 nitrogen and oxygen atoms in total. The van der Waals surface area contributed by atoms with Crippen LogP contribution in [-0.2, 0) is 14.4 Å². The second kappa shape index (κ2) is 22.2. The summed E-state index contributed by atoms with van der Waals surface area (Å²) in [6.07, 6.45) is 11.6. The summed E-state index contributed by atoms with van der Waals surface area (Å²) in [5.41, 5.74) is 5.04. The molecule has 0 heterocycles. The van der Waals surface area contributed by atoms with Gasteiger partial charge in [-0.2, -0.15) is 0 Å². The number of nitrogens with one attached hydrogen (secondary N) is 3. The highest BCUT2D eigenvalue weighted by Gasteiger charge is 2.22. The van der Waals surface area contributed by atoms with Gasteiger partial charge in [-0.25, -0.2) is 0 Å². The van der Waals surface area contributed by atoms with Crippen molar-refractivity contribution in [3.05, 3.63) is 0 Å². The van der Waals surface area contributed by atoms with Crippen molar-refractivity contribution in [3.8, 4) is 0 Å². The first-order valence-electron chi connectivity index (χ1n) is 13.2. The van der Waals surface area contributed by atoms with Gasteiger partial charge in [-0.05, 0) is 44.6 Å². The van der Waals surface area contributed by atoms with E-state index in [1.165, 1.54) is 44.9 Å². The zero-order chi connectivity index (χ0) is 25.6. The van der Waals surface area contributed by atoms with Crippen molar-refractivity contribution in [2.75, 3.05) is 13.1 Å². The van der Waals surface area contributed by atoms with E-state index in [1.54, 1.807) is 6.92 Å². The third-order valence-electron chi connectivity index (χ3n) is 5.00. The van der Waals surface area contributed by atoms with Gasteiger partial charge < -0.3 is 21.7 Å². The molecule has 0 aromatic carbocycles. The number of hydrogen-bond donors (Lipinski definition) is 4. The summed E-state index contributed by atoms with van der Waals surface area (Å²) in [7, 11) is 0. The van der Waals surface area contributed by atoms with Gasteiger partial charge in [-0.1, -0.05) is 86.5 Å². The smallest absolute Gasteiger partial charge is 0.243 e. The zero-order valence-electron chi connectivity index (χ0n) is 22.6. The molecule has 1 aliphatic rings. The van der Waals surface area contributed by atoms with Crippen LogP contribution in [0.3, 0.4) is 0 Å². The van der Waals surface area contributed by atoms with Crippen LogP contribution in [0.5, 0.6) is 0 Å². The van der Waals surface area contributed by atoms with Crippen LogP contribution in [0.4, 0.5) is 0 Å². The molecule has 0 bridgehead atoms. The van der Waals surface area contributed by atoms with Crippen LogP contribution in [0.25, 0.3) is 0 Å². The Morgan fingerprint density at radius 1 is 0.939 bits per heavy atom. The molecule has 0 aromatic rings. The fraction of sp³-hybridized carbons (Fsp3) is 0.885. The monoisotopic (exact) mass is 470 g/mol. The first-order chi connectivity index (χ1) is 15.6. The van der Waals surface area contributed by atoms with Crippen LogP contribution >= 0.6 is 0 Å². The quantitative estimate of drug-likeness (QED) is 0.319. The molecule has 3 amide bonds. The molecule has 0 saturated heterocycles. The van der Waals surface area contributed by atoms with E-state index in [2.05, 4.69) is 50.6 Å². The standard InChI is InChI=1S/C19H36N4O3.C4H10.C3H8/c1-3-8-16(19(26)22-13-17(20)24)23-18(25)14(2)21-12-7-11-15-9-5-4-6-10-15;1-4(2)3;1-3-2/h14-16,21H,3-13H2,1-2H3,(H2,20,24)(H,22,26)(H,23,25);4H,1-3H3;3H2,1-2H3/t14-,16+;;/m1../s1. The highest BCUT2D eigenvalue weighted by Crippen LogP contribution is 2.26. The number of nitrogens with two attached hydrogens (primary N) is 1. The van der Waals surface area contributed by atoms with E-state index in [-0.39, 0.29) is 24.4 Å². The fourth-order valence-corrected chi connectivity index (χ4v) is 3.43. The third kappa shape index (κ3) is 22.0. The molecular weight excluding hydrogens is 416 g/mol. The lowest BCUT2D eigenvalue weighted by molar-refractivity contribution is -0.130. The maximum absolute atomic E-state index is 12.3. The Balaban J connectivity index is 0. The Labute approximate surface area is 203 Å². The maximum Gasteiger partial charge on any atom is 0.243 e. The molecule has 196 valence electrons.